The summed E-state index contributed by atoms with van der Waals surface area (Å²) < 4.78 is 0. The normalized spacial score (nSPS) is 19.2. The molecule has 0 aromatic carbocycles. The molecule has 1 fully saturated rings. The maximum absolute atomic E-state index is 13.0. The Morgan fingerprint density at radius 2 is 1.94 bits per heavy atom. The highest BCUT2D eigenvalue weighted by molar-refractivity contribution is 5.95. The second-order valence-corrected chi connectivity index (χ2v) is 7.80. The molecule has 14 heteroatoms. The number of aliphatic hydroxyl groups is 1. The number of imidazole rings is 1. The molecule has 1 aliphatic rings. The average molecular weight is 468 g/mol. The van der Waals surface area contributed by atoms with E-state index in [-0.39, 0.29) is 19.4 Å². The van der Waals surface area contributed by atoms with Crippen LogP contribution in [-0.4, -0.2) is 96.7 Å². The first kappa shape index (κ1) is 25.7. The zero-order chi connectivity index (χ0) is 24.7. The first-order valence-corrected chi connectivity index (χ1v) is 10.3. The molecule has 1 aromatic rings. The van der Waals surface area contributed by atoms with Crippen LogP contribution in [0.2, 0.25) is 0 Å². The van der Waals surface area contributed by atoms with Gasteiger partial charge in [0.2, 0.25) is 17.7 Å². The fourth-order valence-corrected chi connectivity index (χ4v) is 3.49. The summed E-state index contributed by atoms with van der Waals surface area (Å²) in [7, 11) is 0. The van der Waals surface area contributed by atoms with E-state index in [0.717, 1.165) is 4.90 Å². The monoisotopic (exact) mass is 468 g/mol. The number of rotatable bonds is 11. The molecule has 14 nitrogen and oxygen atoms in total. The van der Waals surface area contributed by atoms with Gasteiger partial charge in [-0.25, -0.2) is 9.78 Å². The van der Waals surface area contributed by atoms with E-state index in [2.05, 4.69) is 20.6 Å². The number of carbonyl (C=O) groups excluding carboxylic acids is 3. The lowest BCUT2D eigenvalue weighted by Crippen LogP contribution is -2.60. The standard InChI is InChI=1S/C19H28N6O8/c1-9(26)15(18(31)25-4-2-3-13(25)19(32)33)24-17(30)12(5-10-7-21-8-22-10)23-16(29)11(20)6-14(27)28/h7-9,11-13,15,26H,2-6,20H2,1H3,(H,21,22)(H,23,29)(H,24,30)(H,27,28)(H,32,33). The Labute approximate surface area is 188 Å². The lowest BCUT2D eigenvalue weighted by Gasteiger charge is -2.30. The largest absolute Gasteiger partial charge is 0.481 e. The highest BCUT2D eigenvalue weighted by atomic mass is 16.4. The number of carboxylic acids is 2. The molecular formula is C19H28N6O8. The Bertz CT molecular complexity index is 874. The Morgan fingerprint density at radius 1 is 1.24 bits per heavy atom. The number of aliphatic hydroxyl groups excluding tert-OH is 1. The second-order valence-electron chi connectivity index (χ2n) is 7.80. The van der Waals surface area contributed by atoms with Gasteiger partial charge in [0.1, 0.15) is 18.1 Å². The van der Waals surface area contributed by atoms with E-state index >= 15 is 0 Å². The molecule has 182 valence electrons. The van der Waals surface area contributed by atoms with Crippen LogP contribution in [0, 0.1) is 0 Å². The SMILES string of the molecule is CC(O)C(NC(=O)C(Cc1cnc[nH]1)NC(=O)C(N)CC(=O)O)C(=O)N1CCCC1C(=O)O. The number of H-pyrrole nitrogens is 1. The number of carboxylic acid groups (broad SMARTS) is 2. The molecular weight excluding hydrogens is 440 g/mol. The molecule has 0 aliphatic carbocycles. The molecule has 3 amide bonds. The first-order chi connectivity index (χ1) is 15.5. The Kier molecular flexibility index (Phi) is 8.87. The third-order valence-corrected chi connectivity index (χ3v) is 5.21. The molecule has 8 N–H and O–H groups in total. The summed E-state index contributed by atoms with van der Waals surface area (Å²) in [6, 6.07) is -5.24. The summed E-state index contributed by atoms with van der Waals surface area (Å²) in [6.07, 6.45) is 1.34. The van der Waals surface area contributed by atoms with Crippen molar-refractivity contribution in [2.45, 2.75) is 62.9 Å². The van der Waals surface area contributed by atoms with Gasteiger partial charge in [-0.15, -0.1) is 0 Å². The Balaban J connectivity index is 2.18. The fourth-order valence-electron chi connectivity index (χ4n) is 3.49. The molecule has 0 spiro atoms. The van der Waals surface area contributed by atoms with Crippen molar-refractivity contribution >= 4 is 29.7 Å². The molecule has 2 rings (SSSR count). The van der Waals surface area contributed by atoms with Crippen molar-refractivity contribution in [2.24, 2.45) is 5.73 Å². The van der Waals surface area contributed by atoms with E-state index in [1.807, 2.05) is 0 Å². The van der Waals surface area contributed by atoms with Gasteiger partial charge in [-0.1, -0.05) is 0 Å². The smallest absolute Gasteiger partial charge is 0.326 e. The molecule has 33 heavy (non-hydrogen) atoms. The Morgan fingerprint density at radius 3 is 2.48 bits per heavy atom. The highest BCUT2D eigenvalue weighted by Crippen LogP contribution is 2.19. The number of nitrogens with two attached hydrogens (primary N) is 1. The van der Waals surface area contributed by atoms with Gasteiger partial charge in [-0.2, -0.15) is 0 Å². The molecule has 1 saturated heterocycles. The Hall–Kier alpha value is -3.52. The number of nitrogens with one attached hydrogen (secondary N) is 3. The minimum atomic E-state index is -1.47. The van der Waals surface area contributed by atoms with Crippen molar-refractivity contribution in [2.75, 3.05) is 6.54 Å². The van der Waals surface area contributed by atoms with Gasteiger partial charge in [0.25, 0.3) is 0 Å². The molecule has 1 aliphatic heterocycles. The van der Waals surface area contributed by atoms with Gasteiger partial charge in [-0.3, -0.25) is 19.2 Å². The predicted octanol–water partition coefficient (Wildman–Crippen LogP) is -2.82. The first-order valence-electron chi connectivity index (χ1n) is 10.3. The van der Waals surface area contributed by atoms with Crippen LogP contribution in [0.25, 0.3) is 0 Å². The number of hydrogen-bond donors (Lipinski definition) is 7. The fraction of sp³-hybridized carbons (Fsp3) is 0.579. The van der Waals surface area contributed by atoms with Gasteiger partial charge >= 0.3 is 11.9 Å². The van der Waals surface area contributed by atoms with Crippen LogP contribution < -0.4 is 16.4 Å². The van der Waals surface area contributed by atoms with Crippen LogP contribution in [0.15, 0.2) is 12.5 Å². The zero-order valence-electron chi connectivity index (χ0n) is 17.9. The summed E-state index contributed by atoms with van der Waals surface area (Å²) in [4.78, 5) is 68.1. The summed E-state index contributed by atoms with van der Waals surface area (Å²) >= 11 is 0. The molecule has 2 heterocycles. The number of likely N-dealkylation sites (tertiary alicyclic amines) is 1. The van der Waals surface area contributed by atoms with Crippen molar-refractivity contribution in [1.82, 2.24) is 25.5 Å². The summed E-state index contributed by atoms with van der Waals surface area (Å²) in [5.74, 6) is -5.01. The number of aromatic nitrogens is 2. The number of aromatic amines is 1. The van der Waals surface area contributed by atoms with E-state index in [4.69, 9.17) is 10.8 Å². The number of aliphatic carboxylic acids is 2. The van der Waals surface area contributed by atoms with Crippen molar-refractivity contribution in [1.29, 1.82) is 0 Å². The average Bonchev–Trinajstić information content (AvgIpc) is 3.41. The minimum absolute atomic E-state index is 0.0977. The third kappa shape index (κ3) is 6.98. The van der Waals surface area contributed by atoms with E-state index in [1.165, 1.54) is 19.4 Å². The van der Waals surface area contributed by atoms with E-state index in [9.17, 15) is 34.2 Å². The zero-order valence-corrected chi connectivity index (χ0v) is 17.9. The van der Waals surface area contributed by atoms with Crippen LogP contribution in [0.1, 0.15) is 31.9 Å². The summed E-state index contributed by atoms with van der Waals surface area (Å²) in [5.41, 5.74) is 6.01. The van der Waals surface area contributed by atoms with Gasteiger partial charge in [-0.05, 0) is 19.8 Å². The summed E-state index contributed by atoms with van der Waals surface area (Å²) in [6.45, 7) is 1.42. The van der Waals surface area contributed by atoms with Crippen LogP contribution in [0.4, 0.5) is 0 Å². The lowest BCUT2D eigenvalue weighted by molar-refractivity contribution is -0.150. The van der Waals surface area contributed by atoms with Crippen LogP contribution in [0.3, 0.4) is 0 Å². The number of hydrogen-bond acceptors (Lipinski definition) is 8. The minimum Gasteiger partial charge on any atom is -0.481 e. The van der Waals surface area contributed by atoms with Gasteiger partial charge in [0, 0.05) is 24.9 Å². The van der Waals surface area contributed by atoms with Gasteiger partial charge in [0.05, 0.1) is 24.9 Å². The van der Waals surface area contributed by atoms with E-state index in [1.54, 1.807) is 0 Å². The van der Waals surface area contributed by atoms with Crippen LogP contribution >= 0.6 is 0 Å². The van der Waals surface area contributed by atoms with Gasteiger partial charge < -0.3 is 41.6 Å². The van der Waals surface area contributed by atoms with Crippen molar-refractivity contribution in [3.63, 3.8) is 0 Å². The molecule has 1 aromatic heterocycles. The van der Waals surface area contributed by atoms with Crippen molar-refractivity contribution in [3.8, 4) is 0 Å². The van der Waals surface area contributed by atoms with Crippen LogP contribution in [0.5, 0.6) is 0 Å². The van der Waals surface area contributed by atoms with Crippen LogP contribution in [-0.2, 0) is 30.4 Å². The van der Waals surface area contributed by atoms with Crippen molar-refractivity contribution in [3.05, 3.63) is 18.2 Å². The maximum Gasteiger partial charge on any atom is 0.326 e. The van der Waals surface area contributed by atoms with E-state index < -0.39 is 66.4 Å². The molecule has 5 unspecified atom stereocenters. The number of amides is 3. The summed E-state index contributed by atoms with van der Waals surface area (Å²) in [5, 5.41) is 33.0. The van der Waals surface area contributed by atoms with Crippen molar-refractivity contribution < 1.29 is 39.3 Å². The number of carbonyl (C=O) groups is 5. The predicted molar refractivity (Wildman–Crippen MR) is 110 cm³/mol. The third-order valence-electron chi connectivity index (χ3n) is 5.21. The lowest BCUT2D eigenvalue weighted by atomic mass is 10.1. The molecule has 0 radical (unpaired) electrons. The maximum atomic E-state index is 13.0. The molecule has 5 atom stereocenters. The molecule has 0 bridgehead atoms. The highest BCUT2D eigenvalue weighted by Gasteiger charge is 2.40. The number of nitrogens with zero attached hydrogens (tertiary/aromatic N) is 2. The quantitative estimate of drug-likeness (QED) is 0.176. The van der Waals surface area contributed by atoms with E-state index in [0.29, 0.717) is 12.1 Å². The molecule has 0 saturated carbocycles. The van der Waals surface area contributed by atoms with Gasteiger partial charge in [0.15, 0.2) is 0 Å². The second kappa shape index (κ2) is 11.4. The topological polar surface area (TPSA) is 228 Å².